The molecule has 0 bridgehead atoms. The smallest absolute Gasteiger partial charge is 0.185 e. The van der Waals surface area contributed by atoms with E-state index in [1.165, 1.54) is 35.2 Å². The molecule has 1 heterocycles. The fourth-order valence-corrected chi connectivity index (χ4v) is 3.93. The van der Waals surface area contributed by atoms with Gasteiger partial charge in [0.2, 0.25) is 0 Å². The zero-order chi connectivity index (χ0) is 19.4. The van der Waals surface area contributed by atoms with Gasteiger partial charge in [0.25, 0.3) is 0 Å². The van der Waals surface area contributed by atoms with Gasteiger partial charge in [0.05, 0.1) is 11.8 Å². The van der Waals surface area contributed by atoms with Crippen LogP contribution in [0.5, 0.6) is 0 Å². The number of nitrogens with zero attached hydrogens (tertiary/aromatic N) is 1. The lowest BCUT2D eigenvalue weighted by molar-refractivity contribution is -0.120. The first kappa shape index (κ1) is 19.8. The summed E-state index contributed by atoms with van der Waals surface area (Å²) in [7, 11) is 0. The Morgan fingerprint density at radius 3 is 2.07 bits per heavy atom. The lowest BCUT2D eigenvalue weighted by Gasteiger charge is -2.42. The van der Waals surface area contributed by atoms with Gasteiger partial charge in [-0.3, -0.25) is 4.99 Å². The molecule has 1 aliphatic rings. The summed E-state index contributed by atoms with van der Waals surface area (Å²) < 4.78 is 6.75. The van der Waals surface area contributed by atoms with E-state index in [0.29, 0.717) is 5.92 Å². The van der Waals surface area contributed by atoms with Crippen LogP contribution in [0.15, 0.2) is 53.5 Å². The third-order valence-corrected chi connectivity index (χ3v) is 5.81. The molecule has 0 amide bonds. The van der Waals surface area contributed by atoms with Crippen LogP contribution < -0.4 is 0 Å². The van der Waals surface area contributed by atoms with E-state index in [-0.39, 0.29) is 6.10 Å². The summed E-state index contributed by atoms with van der Waals surface area (Å²) in [5.41, 5.74) is 5.53. The van der Waals surface area contributed by atoms with Crippen LogP contribution in [-0.2, 0) is 10.5 Å². The van der Waals surface area contributed by atoms with Crippen molar-refractivity contribution in [1.29, 1.82) is 0 Å². The van der Waals surface area contributed by atoms with Crippen molar-refractivity contribution < 1.29 is 4.74 Å². The predicted octanol–water partition coefficient (Wildman–Crippen LogP) is 6.58. The minimum atomic E-state index is -0.584. The Bertz CT molecular complexity index is 775. The first-order chi connectivity index (χ1) is 13.0. The van der Waals surface area contributed by atoms with E-state index in [1.54, 1.807) is 0 Å². The van der Waals surface area contributed by atoms with E-state index in [4.69, 9.17) is 9.73 Å². The molecule has 0 N–H and O–H groups in total. The van der Waals surface area contributed by atoms with Gasteiger partial charge in [-0.15, -0.1) is 0 Å². The molecule has 2 aromatic carbocycles. The Labute approximate surface area is 164 Å². The van der Waals surface area contributed by atoms with Crippen molar-refractivity contribution in [3.8, 4) is 0 Å². The van der Waals surface area contributed by atoms with Crippen molar-refractivity contribution in [1.82, 2.24) is 0 Å². The maximum atomic E-state index is 6.75. The highest BCUT2D eigenvalue weighted by atomic mass is 16.5. The first-order valence-electron chi connectivity index (χ1n) is 10.4. The summed E-state index contributed by atoms with van der Waals surface area (Å²) in [6.07, 6.45) is 4.48. The van der Waals surface area contributed by atoms with E-state index in [1.807, 2.05) is 0 Å². The molecule has 0 unspecified atom stereocenters. The van der Waals surface area contributed by atoms with Gasteiger partial charge in [0.15, 0.2) is 5.72 Å². The van der Waals surface area contributed by atoms with Gasteiger partial charge in [0.1, 0.15) is 0 Å². The summed E-state index contributed by atoms with van der Waals surface area (Å²) >= 11 is 0. The van der Waals surface area contributed by atoms with E-state index >= 15 is 0 Å². The topological polar surface area (TPSA) is 21.6 Å². The van der Waals surface area contributed by atoms with Crippen LogP contribution >= 0.6 is 0 Å². The predicted molar refractivity (Wildman–Crippen MR) is 114 cm³/mol. The molecule has 0 radical (unpaired) electrons. The van der Waals surface area contributed by atoms with Gasteiger partial charge in [-0.25, -0.2) is 0 Å². The Balaban J connectivity index is 2.09. The third kappa shape index (κ3) is 4.16. The summed E-state index contributed by atoms with van der Waals surface area (Å²) in [6, 6.07) is 17.5. The summed E-state index contributed by atoms with van der Waals surface area (Å²) in [6.45, 7) is 11.0. The van der Waals surface area contributed by atoms with Crippen LogP contribution in [0.4, 0.5) is 0 Å². The SMILES string of the molecule is CCCC[C@@H]1O[C@@](CC)(c2ccc(C)cc2)N=C(c2ccc(C)cc2)[C@@H]1C. The van der Waals surface area contributed by atoms with Crippen molar-refractivity contribution in [3.05, 3.63) is 70.8 Å². The average Bonchev–Trinajstić information content (AvgIpc) is 2.69. The van der Waals surface area contributed by atoms with Crippen LogP contribution in [0.2, 0.25) is 0 Å². The van der Waals surface area contributed by atoms with Gasteiger partial charge in [-0.05, 0) is 32.3 Å². The number of aliphatic imine (C=N–C) groups is 1. The molecule has 2 heteroatoms. The number of aryl methyl sites for hydroxylation is 2. The number of hydrogen-bond donors (Lipinski definition) is 0. The Kier molecular flexibility index (Phi) is 6.16. The Morgan fingerprint density at radius 1 is 0.926 bits per heavy atom. The molecule has 0 saturated carbocycles. The van der Waals surface area contributed by atoms with Gasteiger partial charge < -0.3 is 4.74 Å². The zero-order valence-corrected chi connectivity index (χ0v) is 17.5. The van der Waals surface area contributed by atoms with Crippen molar-refractivity contribution in [2.24, 2.45) is 10.9 Å². The Morgan fingerprint density at radius 2 is 1.52 bits per heavy atom. The molecule has 3 rings (SSSR count). The third-order valence-electron chi connectivity index (χ3n) is 5.81. The fourth-order valence-electron chi connectivity index (χ4n) is 3.93. The molecule has 0 fully saturated rings. The molecule has 0 spiro atoms. The van der Waals surface area contributed by atoms with Crippen LogP contribution in [0.1, 0.15) is 68.7 Å². The van der Waals surface area contributed by atoms with Crippen LogP contribution in [-0.4, -0.2) is 11.8 Å². The Hall–Kier alpha value is -1.93. The summed E-state index contributed by atoms with van der Waals surface area (Å²) in [5, 5.41) is 0. The number of hydrogen-bond acceptors (Lipinski definition) is 2. The quantitative estimate of drug-likeness (QED) is 0.568. The van der Waals surface area contributed by atoms with Gasteiger partial charge in [0, 0.05) is 11.5 Å². The van der Waals surface area contributed by atoms with E-state index in [9.17, 15) is 0 Å². The maximum Gasteiger partial charge on any atom is 0.185 e. The number of benzene rings is 2. The molecule has 2 aromatic rings. The molecule has 27 heavy (non-hydrogen) atoms. The highest BCUT2D eigenvalue weighted by Crippen LogP contribution is 2.41. The maximum absolute atomic E-state index is 6.75. The van der Waals surface area contributed by atoms with E-state index in [2.05, 4.69) is 83.1 Å². The number of unbranched alkanes of at least 4 members (excludes halogenated alkanes) is 1. The highest BCUT2D eigenvalue weighted by Gasteiger charge is 2.41. The minimum Gasteiger partial charge on any atom is -0.346 e. The normalized spacial score (nSPS) is 25.3. The molecule has 2 nitrogen and oxygen atoms in total. The van der Waals surface area contributed by atoms with Crippen LogP contribution in [0.3, 0.4) is 0 Å². The molecule has 0 saturated heterocycles. The summed E-state index contributed by atoms with van der Waals surface area (Å²) in [5.74, 6) is 0.296. The molecular weight excluding hydrogens is 330 g/mol. The molecular formula is C25H33NO. The second-order valence-corrected chi connectivity index (χ2v) is 7.95. The van der Waals surface area contributed by atoms with Gasteiger partial charge in [-0.2, -0.15) is 0 Å². The standard InChI is InChI=1S/C25H33NO/c1-6-8-9-23-20(5)24(21-14-10-18(3)11-15-21)26-25(7-2,27-23)22-16-12-19(4)13-17-22/h10-17,20,23H,6-9H2,1-5H3/t20-,23+,25+/m1/s1. The number of rotatable bonds is 6. The molecule has 3 atom stereocenters. The van der Waals surface area contributed by atoms with Crippen LogP contribution in [0, 0.1) is 19.8 Å². The zero-order valence-electron chi connectivity index (χ0n) is 17.5. The second-order valence-electron chi connectivity index (χ2n) is 7.95. The van der Waals surface area contributed by atoms with Crippen molar-refractivity contribution >= 4 is 5.71 Å². The first-order valence-corrected chi connectivity index (χ1v) is 10.4. The molecule has 144 valence electrons. The van der Waals surface area contributed by atoms with Crippen molar-refractivity contribution in [2.45, 2.75) is 72.1 Å². The molecule has 0 aromatic heterocycles. The second kappa shape index (κ2) is 8.39. The van der Waals surface area contributed by atoms with E-state index < -0.39 is 5.72 Å². The monoisotopic (exact) mass is 363 g/mol. The van der Waals surface area contributed by atoms with Crippen molar-refractivity contribution in [2.75, 3.05) is 0 Å². The van der Waals surface area contributed by atoms with Gasteiger partial charge >= 0.3 is 0 Å². The largest absolute Gasteiger partial charge is 0.346 e. The van der Waals surface area contributed by atoms with Gasteiger partial charge in [-0.1, -0.05) is 93.3 Å². The lowest BCUT2D eigenvalue weighted by Crippen LogP contribution is -2.44. The average molecular weight is 364 g/mol. The molecule has 0 aliphatic carbocycles. The fraction of sp³-hybridized carbons (Fsp3) is 0.480. The van der Waals surface area contributed by atoms with Crippen LogP contribution in [0.25, 0.3) is 0 Å². The summed E-state index contributed by atoms with van der Waals surface area (Å²) in [4.78, 5) is 5.27. The van der Waals surface area contributed by atoms with Crippen molar-refractivity contribution in [3.63, 3.8) is 0 Å². The van der Waals surface area contributed by atoms with E-state index in [0.717, 1.165) is 18.4 Å². The lowest BCUT2D eigenvalue weighted by atomic mass is 9.86. The highest BCUT2D eigenvalue weighted by molar-refractivity contribution is 6.03. The number of ether oxygens (including phenoxy) is 1. The minimum absolute atomic E-state index is 0.194. The molecule has 1 aliphatic heterocycles.